The third-order valence-corrected chi connectivity index (χ3v) is 6.08. The van der Waals surface area contributed by atoms with Crippen LogP contribution in [0.25, 0.3) is 10.9 Å². The summed E-state index contributed by atoms with van der Waals surface area (Å²) in [6, 6.07) is 13.6. The van der Waals surface area contributed by atoms with Crippen LogP contribution >= 0.6 is 0 Å². The number of benzene rings is 2. The third kappa shape index (κ3) is 4.72. The van der Waals surface area contributed by atoms with Crippen molar-refractivity contribution in [1.29, 1.82) is 0 Å². The van der Waals surface area contributed by atoms with E-state index in [4.69, 9.17) is 9.47 Å². The minimum Gasteiger partial charge on any atom is -0.493 e. The number of ether oxygens (including phenoxy) is 2. The first kappa shape index (κ1) is 21.7. The van der Waals surface area contributed by atoms with Gasteiger partial charge in [-0.15, -0.1) is 0 Å². The molecule has 3 aromatic rings. The lowest BCUT2D eigenvalue weighted by Gasteiger charge is -2.32. The molecule has 4 rings (SSSR count). The Balaban J connectivity index is 1.34. The first-order valence-corrected chi connectivity index (χ1v) is 10.9. The first-order valence-electron chi connectivity index (χ1n) is 10.9. The van der Waals surface area contributed by atoms with Crippen molar-refractivity contribution in [2.24, 2.45) is 5.92 Å². The molecule has 1 atom stereocenters. The van der Waals surface area contributed by atoms with Crippen LogP contribution in [0.3, 0.4) is 0 Å². The number of nitrogens with one attached hydrogen (secondary N) is 2. The average Bonchev–Trinajstić information content (AvgIpc) is 3.25. The van der Waals surface area contributed by atoms with Crippen LogP contribution < -0.4 is 14.8 Å². The van der Waals surface area contributed by atoms with E-state index in [0.29, 0.717) is 37.6 Å². The molecule has 0 radical (unpaired) electrons. The SMILES string of the molecule is COc1ccc(CNC(=O)[C@@H]2CCCN(C(=O)Cc3c[nH]c4ccccc34)C2)cc1OC. The number of aromatic amines is 1. The molecule has 1 aromatic heterocycles. The van der Waals surface area contributed by atoms with Gasteiger partial charge >= 0.3 is 0 Å². The van der Waals surface area contributed by atoms with Crippen molar-refractivity contribution in [2.75, 3.05) is 27.3 Å². The maximum absolute atomic E-state index is 12.9. The minimum atomic E-state index is -0.198. The average molecular weight is 436 g/mol. The van der Waals surface area contributed by atoms with Crippen molar-refractivity contribution in [3.05, 3.63) is 59.8 Å². The van der Waals surface area contributed by atoms with Crippen LogP contribution in [-0.4, -0.2) is 49.0 Å². The second-order valence-electron chi connectivity index (χ2n) is 8.12. The number of hydrogen-bond acceptors (Lipinski definition) is 4. The highest BCUT2D eigenvalue weighted by Gasteiger charge is 2.28. The Hall–Kier alpha value is -3.48. The quantitative estimate of drug-likeness (QED) is 0.597. The molecule has 1 fully saturated rings. The number of piperidine rings is 1. The van der Waals surface area contributed by atoms with E-state index in [1.54, 1.807) is 14.2 Å². The summed E-state index contributed by atoms with van der Waals surface area (Å²) in [6.07, 6.45) is 3.85. The highest BCUT2D eigenvalue weighted by molar-refractivity contribution is 5.89. The van der Waals surface area contributed by atoms with E-state index in [1.807, 2.05) is 53.6 Å². The minimum absolute atomic E-state index is 0.0237. The molecule has 0 bridgehead atoms. The lowest BCUT2D eigenvalue weighted by atomic mass is 9.96. The van der Waals surface area contributed by atoms with Gasteiger partial charge in [-0.1, -0.05) is 24.3 Å². The van der Waals surface area contributed by atoms with Crippen molar-refractivity contribution in [3.8, 4) is 11.5 Å². The summed E-state index contributed by atoms with van der Waals surface area (Å²) in [5, 5.41) is 4.08. The first-order chi connectivity index (χ1) is 15.6. The van der Waals surface area contributed by atoms with Gasteiger partial charge in [0.2, 0.25) is 11.8 Å². The van der Waals surface area contributed by atoms with Gasteiger partial charge in [0, 0.05) is 36.7 Å². The molecule has 0 saturated carbocycles. The predicted molar refractivity (Wildman–Crippen MR) is 123 cm³/mol. The number of hydrogen-bond donors (Lipinski definition) is 2. The molecule has 0 spiro atoms. The summed E-state index contributed by atoms with van der Waals surface area (Å²) in [6.45, 7) is 1.55. The van der Waals surface area contributed by atoms with Crippen LogP contribution in [0, 0.1) is 5.92 Å². The number of amides is 2. The van der Waals surface area contributed by atoms with Crippen molar-refractivity contribution in [2.45, 2.75) is 25.8 Å². The lowest BCUT2D eigenvalue weighted by Crippen LogP contribution is -2.45. The number of carbonyl (C=O) groups is 2. The highest BCUT2D eigenvalue weighted by atomic mass is 16.5. The molecular weight excluding hydrogens is 406 g/mol. The number of nitrogens with zero attached hydrogens (tertiary/aromatic N) is 1. The fourth-order valence-corrected chi connectivity index (χ4v) is 4.29. The predicted octanol–water partition coefficient (Wildman–Crippen LogP) is 3.28. The lowest BCUT2D eigenvalue weighted by molar-refractivity contribution is -0.135. The normalized spacial score (nSPS) is 16.1. The molecule has 1 aliphatic heterocycles. The number of fused-ring (bicyclic) bond motifs is 1. The zero-order valence-electron chi connectivity index (χ0n) is 18.5. The van der Waals surface area contributed by atoms with Crippen LogP contribution in [-0.2, 0) is 22.6 Å². The van der Waals surface area contributed by atoms with Gasteiger partial charge in [-0.3, -0.25) is 9.59 Å². The zero-order chi connectivity index (χ0) is 22.5. The van der Waals surface area contributed by atoms with Gasteiger partial charge in [0.05, 0.1) is 26.6 Å². The number of rotatable bonds is 7. The molecule has 2 heterocycles. The van der Waals surface area contributed by atoms with Crippen LogP contribution in [0.1, 0.15) is 24.0 Å². The Morgan fingerprint density at radius 3 is 2.75 bits per heavy atom. The fourth-order valence-electron chi connectivity index (χ4n) is 4.29. The summed E-state index contributed by atoms with van der Waals surface area (Å²) in [4.78, 5) is 30.8. The maximum Gasteiger partial charge on any atom is 0.227 e. The summed E-state index contributed by atoms with van der Waals surface area (Å²) >= 11 is 0. The molecule has 1 aliphatic rings. The third-order valence-electron chi connectivity index (χ3n) is 6.08. The smallest absolute Gasteiger partial charge is 0.227 e. The van der Waals surface area contributed by atoms with Crippen LogP contribution in [0.2, 0.25) is 0 Å². The summed E-state index contributed by atoms with van der Waals surface area (Å²) < 4.78 is 10.6. The van der Waals surface area contributed by atoms with Gasteiger partial charge in [0.1, 0.15) is 0 Å². The molecular formula is C25H29N3O4. The Kier molecular flexibility index (Phi) is 6.63. The number of likely N-dealkylation sites (tertiary alicyclic amines) is 1. The van der Waals surface area contributed by atoms with Gasteiger partial charge in [0.25, 0.3) is 0 Å². The van der Waals surface area contributed by atoms with E-state index in [9.17, 15) is 9.59 Å². The summed E-state index contributed by atoms with van der Waals surface area (Å²) in [5.41, 5.74) is 2.95. The standard InChI is InChI=1S/C25H29N3O4/c1-31-22-10-9-17(12-23(22)32-2)14-27-25(30)18-6-5-11-28(16-18)24(29)13-19-15-26-21-8-4-3-7-20(19)21/h3-4,7-10,12,15,18,26H,5-6,11,13-14,16H2,1-2H3,(H,27,30)/t18-/m1/s1. The molecule has 7 nitrogen and oxygen atoms in total. The topological polar surface area (TPSA) is 83.7 Å². The van der Waals surface area contributed by atoms with Crippen LogP contribution in [0.15, 0.2) is 48.7 Å². The number of carbonyl (C=O) groups excluding carboxylic acids is 2. The van der Waals surface area contributed by atoms with Gasteiger partial charge in [-0.25, -0.2) is 0 Å². The van der Waals surface area contributed by atoms with Crippen molar-refractivity contribution >= 4 is 22.7 Å². The number of para-hydroxylation sites is 1. The fraction of sp³-hybridized carbons (Fsp3) is 0.360. The molecule has 2 aromatic carbocycles. The number of H-pyrrole nitrogens is 1. The number of methoxy groups -OCH3 is 2. The molecule has 2 amide bonds. The molecule has 0 unspecified atom stereocenters. The van der Waals surface area contributed by atoms with Gasteiger partial charge in [0.15, 0.2) is 11.5 Å². The second-order valence-corrected chi connectivity index (χ2v) is 8.12. The summed E-state index contributed by atoms with van der Waals surface area (Å²) in [7, 11) is 3.18. The summed E-state index contributed by atoms with van der Waals surface area (Å²) in [5.74, 6) is 1.12. The van der Waals surface area contributed by atoms with Gasteiger partial charge in [-0.2, -0.15) is 0 Å². The van der Waals surface area contributed by atoms with Crippen molar-refractivity contribution in [1.82, 2.24) is 15.2 Å². The van der Waals surface area contributed by atoms with Gasteiger partial charge < -0.3 is 24.7 Å². The Labute approximate surface area is 187 Å². The molecule has 168 valence electrons. The van der Waals surface area contributed by atoms with Crippen LogP contribution in [0.4, 0.5) is 0 Å². The Bertz CT molecular complexity index is 1110. The van der Waals surface area contributed by atoms with E-state index in [-0.39, 0.29) is 17.7 Å². The molecule has 32 heavy (non-hydrogen) atoms. The molecule has 0 aliphatic carbocycles. The van der Waals surface area contributed by atoms with E-state index in [2.05, 4.69) is 10.3 Å². The van der Waals surface area contributed by atoms with Crippen LogP contribution in [0.5, 0.6) is 11.5 Å². The largest absolute Gasteiger partial charge is 0.493 e. The monoisotopic (exact) mass is 435 g/mol. The maximum atomic E-state index is 12.9. The molecule has 2 N–H and O–H groups in total. The van der Waals surface area contributed by atoms with E-state index >= 15 is 0 Å². The number of aromatic nitrogens is 1. The van der Waals surface area contributed by atoms with Gasteiger partial charge in [-0.05, 0) is 42.2 Å². The van der Waals surface area contributed by atoms with E-state index in [1.165, 1.54) is 0 Å². The second kappa shape index (κ2) is 9.77. The molecule has 7 heteroatoms. The van der Waals surface area contributed by atoms with E-state index in [0.717, 1.165) is 34.9 Å². The van der Waals surface area contributed by atoms with Crippen molar-refractivity contribution in [3.63, 3.8) is 0 Å². The van der Waals surface area contributed by atoms with Crippen molar-refractivity contribution < 1.29 is 19.1 Å². The highest BCUT2D eigenvalue weighted by Crippen LogP contribution is 2.27. The Morgan fingerprint density at radius 2 is 1.94 bits per heavy atom. The molecule has 1 saturated heterocycles. The Morgan fingerprint density at radius 1 is 1.12 bits per heavy atom. The zero-order valence-corrected chi connectivity index (χ0v) is 18.5. The van der Waals surface area contributed by atoms with E-state index < -0.39 is 0 Å².